The number of rotatable bonds is 8. The van der Waals surface area contributed by atoms with Crippen LogP contribution in [-0.2, 0) is 14.4 Å². The normalized spacial score (nSPS) is 16.7. The average Bonchev–Trinajstić information content (AvgIpc) is 3.56. The molecule has 2 atom stereocenters. The van der Waals surface area contributed by atoms with Crippen molar-refractivity contribution in [3.05, 3.63) is 132 Å². The summed E-state index contributed by atoms with van der Waals surface area (Å²) in [5, 5.41) is 10.4. The number of anilines is 2. The van der Waals surface area contributed by atoms with Gasteiger partial charge >= 0.3 is 0 Å². The van der Waals surface area contributed by atoms with Crippen molar-refractivity contribution in [1.82, 2.24) is 0 Å². The van der Waals surface area contributed by atoms with Crippen LogP contribution in [0.5, 0.6) is 11.5 Å². The van der Waals surface area contributed by atoms with E-state index in [0.717, 1.165) is 32.7 Å². The van der Waals surface area contributed by atoms with Crippen molar-refractivity contribution in [3.8, 4) is 22.6 Å². The van der Waals surface area contributed by atoms with Crippen molar-refractivity contribution in [1.29, 1.82) is 0 Å². The number of hydrogen-bond donors (Lipinski definition) is 1. The molecule has 0 saturated carbocycles. The summed E-state index contributed by atoms with van der Waals surface area (Å²) in [5.74, 6) is -0.740. The van der Waals surface area contributed by atoms with Gasteiger partial charge in [-0.05, 0) is 58.2 Å². The second kappa shape index (κ2) is 11.4. The van der Waals surface area contributed by atoms with Gasteiger partial charge in [0.2, 0.25) is 0 Å². The predicted octanol–water partition coefficient (Wildman–Crippen LogP) is 5.20. The highest BCUT2D eigenvalue weighted by Crippen LogP contribution is 2.42. The van der Waals surface area contributed by atoms with E-state index in [4.69, 9.17) is 9.47 Å². The summed E-state index contributed by atoms with van der Waals surface area (Å²) in [6.45, 7) is 0. The molecule has 1 N–H and O–H groups in total. The Kier molecular flexibility index (Phi) is 7.36. The van der Waals surface area contributed by atoms with Gasteiger partial charge in [0.05, 0.1) is 25.6 Å². The fourth-order valence-corrected chi connectivity index (χ4v) is 5.57. The van der Waals surface area contributed by atoms with Gasteiger partial charge in [-0.15, -0.1) is 0 Å². The average molecular weight is 573 g/mol. The van der Waals surface area contributed by atoms with Crippen LogP contribution < -0.4 is 19.3 Å². The van der Waals surface area contributed by atoms with Crippen molar-refractivity contribution < 1.29 is 29.0 Å². The maximum absolute atomic E-state index is 12.5. The molecule has 4 aromatic rings. The lowest BCUT2D eigenvalue weighted by Gasteiger charge is -2.26. The highest BCUT2D eigenvalue weighted by Gasteiger charge is 2.31. The van der Waals surface area contributed by atoms with E-state index in [2.05, 4.69) is 36.4 Å². The van der Waals surface area contributed by atoms with Gasteiger partial charge in [-0.1, -0.05) is 66.7 Å². The Labute approximate surface area is 248 Å². The second-order valence-corrected chi connectivity index (χ2v) is 10.1. The third-order valence-corrected chi connectivity index (χ3v) is 7.65. The lowest BCUT2D eigenvalue weighted by Crippen LogP contribution is -2.33. The lowest BCUT2D eigenvalue weighted by atomic mass is 9.84. The van der Waals surface area contributed by atoms with Crippen molar-refractivity contribution in [2.75, 3.05) is 24.0 Å². The summed E-state index contributed by atoms with van der Waals surface area (Å²) < 4.78 is 11.4. The SMILES string of the molecule is COc1cc(C(c2ccc(-c3ccccc3)cc2)c2ccc(N3C(=O)C=CC3O)c(OC)c2)ccc1N1C(=O)C=CC1=O. The molecular weight excluding hydrogens is 544 g/mol. The van der Waals surface area contributed by atoms with Gasteiger partial charge in [0.25, 0.3) is 17.7 Å². The first-order valence-corrected chi connectivity index (χ1v) is 13.7. The fraction of sp³-hybridized carbons (Fsp3) is 0.114. The molecule has 0 saturated heterocycles. The Morgan fingerprint density at radius 2 is 1.16 bits per heavy atom. The van der Waals surface area contributed by atoms with E-state index in [1.165, 1.54) is 43.4 Å². The van der Waals surface area contributed by atoms with Gasteiger partial charge in [0, 0.05) is 24.1 Å². The molecule has 43 heavy (non-hydrogen) atoms. The van der Waals surface area contributed by atoms with Gasteiger partial charge in [-0.2, -0.15) is 0 Å². The molecule has 2 heterocycles. The second-order valence-electron chi connectivity index (χ2n) is 10.1. The van der Waals surface area contributed by atoms with Crippen molar-refractivity contribution >= 4 is 29.1 Å². The first-order valence-electron chi connectivity index (χ1n) is 13.7. The maximum atomic E-state index is 12.5. The Balaban J connectivity index is 1.46. The maximum Gasteiger partial charge on any atom is 0.258 e. The molecule has 214 valence electrons. The van der Waals surface area contributed by atoms with Gasteiger partial charge in [0.1, 0.15) is 11.5 Å². The van der Waals surface area contributed by atoms with Crippen LogP contribution in [0.25, 0.3) is 11.1 Å². The zero-order chi connectivity index (χ0) is 30.1. The highest BCUT2D eigenvalue weighted by atomic mass is 16.5. The van der Waals surface area contributed by atoms with Crippen LogP contribution in [-0.4, -0.2) is 43.3 Å². The standard InChI is InChI=1S/C35H28N2O6/c1-42-29-20-25(12-14-27(29)36-31(38)16-17-32(36)39)35(24-10-8-23(9-11-24)22-6-4-3-5-7-22)26-13-15-28(30(21-26)43-2)37-33(40)18-19-34(37)41/h3-21,31,35,38H,1-2H3. The third-order valence-electron chi connectivity index (χ3n) is 7.65. The van der Waals surface area contributed by atoms with E-state index in [9.17, 15) is 19.5 Å². The Morgan fingerprint density at radius 3 is 1.72 bits per heavy atom. The quantitative estimate of drug-likeness (QED) is 0.230. The summed E-state index contributed by atoms with van der Waals surface area (Å²) in [5.41, 5.74) is 5.62. The molecular formula is C35H28N2O6. The molecule has 2 aliphatic rings. The number of imide groups is 1. The van der Waals surface area contributed by atoms with Crippen LogP contribution in [0, 0.1) is 0 Å². The van der Waals surface area contributed by atoms with Crippen LogP contribution in [0.4, 0.5) is 11.4 Å². The van der Waals surface area contributed by atoms with Crippen LogP contribution >= 0.6 is 0 Å². The number of hydrogen-bond acceptors (Lipinski definition) is 6. The van der Waals surface area contributed by atoms with Crippen LogP contribution in [0.15, 0.2) is 115 Å². The van der Waals surface area contributed by atoms with Crippen molar-refractivity contribution in [2.45, 2.75) is 12.1 Å². The molecule has 0 aromatic heterocycles. The Morgan fingerprint density at radius 1 is 0.628 bits per heavy atom. The smallest absolute Gasteiger partial charge is 0.258 e. The minimum absolute atomic E-state index is 0.323. The predicted molar refractivity (Wildman–Crippen MR) is 163 cm³/mol. The number of methoxy groups -OCH3 is 2. The van der Waals surface area contributed by atoms with Crippen LogP contribution in [0.3, 0.4) is 0 Å². The number of carbonyl (C=O) groups is 3. The van der Waals surface area contributed by atoms with Crippen molar-refractivity contribution in [2.24, 2.45) is 0 Å². The van der Waals surface area contributed by atoms with Gasteiger partial charge in [-0.3, -0.25) is 19.3 Å². The number of carbonyl (C=O) groups excluding carboxylic acids is 3. The Bertz CT molecular complexity index is 1760. The van der Waals surface area contributed by atoms with E-state index in [1.807, 2.05) is 42.5 Å². The third kappa shape index (κ3) is 5.09. The molecule has 0 radical (unpaired) electrons. The van der Waals surface area contributed by atoms with E-state index >= 15 is 0 Å². The summed E-state index contributed by atoms with van der Waals surface area (Å²) >= 11 is 0. The van der Waals surface area contributed by atoms with Crippen molar-refractivity contribution in [3.63, 3.8) is 0 Å². The molecule has 8 nitrogen and oxygen atoms in total. The number of ether oxygens (including phenoxy) is 2. The summed E-state index contributed by atoms with van der Waals surface area (Å²) in [6.07, 6.45) is 4.13. The molecule has 4 aromatic carbocycles. The van der Waals surface area contributed by atoms with Gasteiger partial charge < -0.3 is 14.6 Å². The first kappa shape index (κ1) is 27.7. The van der Waals surface area contributed by atoms with Gasteiger partial charge in [-0.25, -0.2) is 4.90 Å². The summed E-state index contributed by atoms with van der Waals surface area (Å²) in [6, 6.07) is 29.2. The number of amides is 3. The zero-order valence-electron chi connectivity index (χ0n) is 23.5. The van der Waals surface area contributed by atoms with Crippen LogP contribution in [0.2, 0.25) is 0 Å². The minimum Gasteiger partial charge on any atom is -0.495 e. The number of benzene rings is 4. The summed E-state index contributed by atoms with van der Waals surface area (Å²) in [4.78, 5) is 39.7. The molecule has 0 aliphatic carbocycles. The molecule has 6 rings (SSSR count). The van der Waals surface area contributed by atoms with Gasteiger partial charge in [0.15, 0.2) is 6.23 Å². The highest BCUT2D eigenvalue weighted by molar-refractivity contribution is 6.28. The lowest BCUT2D eigenvalue weighted by molar-refractivity contribution is -0.120. The number of nitrogens with zero attached hydrogens (tertiary/aromatic N) is 2. The fourth-order valence-electron chi connectivity index (χ4n) is 5.57. The summed E-state index contributed by atoms with van der Waals surface area (Å²) in [7, 11) is 3.01. The zero-order valence-corrected chi connectivity index (χ0v) is 23.5. The van der Waals surface area contributed by atoms with E-state index < -0.39 is 18.0 Å². The van der Waals surface area contributed by atoms with E-state index in [0.29, 0.717) is 22.9 Å². The monoisotopic (exact) mass is 572 g/mol. The molecule has 3 amide bonds. The number of aliphatic hydroxyl groups is 1. The molecule has 2 unspecified atom stereocenters. The molecule has 8 heteroatoms. The molecule has 0 bridgehead atoms. The topological polar surface area (TPSA) is 96.4 Å². The number of aliphatic hydroxyl groups excluding tert-OH is 1. The van der Waals surface area contributed by atoms with Crippen LogP contribution in [0.1, 0.15) is 22.6 Å². The Hall–Kier alpha value is -5.47. The molecule has 0 fully saturated rings. The molecule has 2 aliphatic heterocycles. The first-order chi connectivity index (χ1) is 20.9. The van der Waals surface area contributed by atoms with E-state index in [-0.39, 0.29) is 11.8 Å². The minimum atomic E-state index is -1.09. The molecule has 0 spiro atoms. The van der Waals surface area contributed by atoms with E-state index in [1.54, 1.807) is 12.1 Å². The largest absolute Gasteiger partial charge is 0.495 e.